The molecule has 1 heterocycles. The number of aromatic nitrogens is 1. The van der Waals surface area contributed by atoms with Crippen LogP contribution in [0.2, 0.25) is 0 Å². The van der Waals surface area contributed by atoms with Crippen molar-refractivity contribution >= 4 is 36.7 Å². The largest absolute Gasteiger partial charge is 0.358 e. The van der Waals surface area contributed by atoms with Crippen molar-refractivity contribution in [1.29, 1.82) is 0 Å². The summed E-state index contributed by atoms with van der Waals surface area (Å²) in [6.07, 6.45) is 1.79. The second kappa shape index (κ2) is 7.06. The minimum absolute atomic E-state index is 0.00324. The molecular formula is C19H20N2O5S2. The Bertz CT molecular complexity index is 1270. The van der Waals surface area contributed by atoms with Gasteiger partial charge < -0.3 is 4.98 Å². The maximum atomic E-state index is 12.7. The first-order valence-corrected chi connectivity index (χ1v) is 11.9. The van der Waals surface area contributed by atoms with Crippen molar-refractivity contribution in [1.82, 2.24) is 9.71 Å². The molecule has 1 amide bonds. The van der Waals surface area contributed by atoms with Gasteiger partial charge in [-0.05, 0) is 49.2 Å². The van der Waals surface area contributed by atoms with Crippen LogP contribution in [0.25, 0.3) is 10.9 Å². The highest BCUT2D eigenvalue weighted by molar-refractivity contribution is 7.91. The monoisotopic (exact) mass is 420 g/mol. The molecule has 0 unspecified atom stereocenters. The lowest BCUT2D eigenvalue weighted by Gasteiger charge is -2.08. The second-order valence-corrected chi connectivity index (χ2v) is 10.2. The number of fused-ring (bicyclic) bond motifs is 1. The van der Waals surface area contributed by atoms with E-state index in [1.54, 1.807) is 12.1 Å². The highest BCUT2D eigenvalue weighted by Crippen LogP contribution is 2.25. The van der Waals surface area contributed by atoms with E-state index in [2.05, 4.69) is 4.98 Å². The SMILES string of the molecule is CCc1[nH]c2c(C(=O)NS(=O)(=O)c3ccc(S(C)(=O)=O)cc3)cccc2c1C. The maximum absolute atomic E-state index is 12.7. The van der Waals surface area contributed by atoms with Crippen LogP contribution < -0.4 is 4.72 Å². The van der Waals surface area contributed by atoms with E-state index in [1.807, 2.05) is 24.6 Å². The number of sulfonamides is 1. The van der Waals surface area contributed by atoms with Crippen LogP contribution in [0.4, 0.5) is 0 Å². The quantitative estimate of drug-likeness (QED) is 0.659. The summed E-state index contributed by atoms with van der Waals surface area (Å²) in [7, 11) is -7.60. The molecule has 7 nitrogen and oxygen atoms in total. The number of para-hydroxylation sites is 1. The molecular weight excluding hydrogens is 400 g/mol. The van der Waals surface area contributed by atoms with Crippen LogP contribution in [0.3, 0.4) is 0 Å². The zero-order chi connectivity index (χ0) is 20.7. The van der Waals surface area contributed by atoms with Gasteiger partial charge in [0.05, 0.1) is 20.9 Å². The summed E-state index contributed by atoms with van der Waals surface area (Å²) in [6, 6.07) is 9.81. The fourth-order valence-electron chi connectivity index (χ4n) is 3.05. The average molecular weight is 421 g/mol. The summed E-state index contributed by atoms with van der Waals surface area (Å²) in [6.45, 7) is 3.93. The number of H-pyrrole nitrogens is 1. The van der Waals surface area contributed by atoms with E-state index in [1.165, 1.54) is 12.1 Å². The molecule has 0 saturated carbocycles. The third-order valence-electron chi connectivity index (χ3n) is 4.58. The number of hydrogen-bond acceptors (Lipinski definition) is 5. The first kappa shape index (κ1) is 20.1. The van der Waals surface area contributed by atoms with Crippen LogP contribution >= 0.6 is 0 Å². The number of sulfone groups is 1. The van der Waals surface area contributed by atoms with Crippen molar-refractivity contribution in [3.8, 4) is 0 Å². The number of carbonyl (C=O) groups excluding carboxylic acids is 1. The van der Waals surface area contributed by atoms with Gasteiger partial charge in [-0.25, -0.2) is 21.6 Å². The lowest BCUT2D eigenvalue weighted by Crippen LogP contribution is -2.30. The highest BCUT2D eigenvalue weighted by Gasteiger charge is 2.22. The summed E-state index contributed by atoms with van der Waals surface area (Å²) in [5.74, 6) is -0.762. The molecule has 2 aromatic carbocycles. The normalized spacial score (nSPS) is 12.2. The standard InChI is InChI=1S/C19H20N2O5S2/c1-4-17-12(2)15-6-5-7-16(18(15)20-17)19(22)21-28(25,26)14-10-8-13(9-11-14)27(3,23)24/h5-11,20H,4H2,1-3H3,(H,21,22). The number of benzene rings is 2. The highest BCUT2D eigenvalue weighted by atomic mass is 32.2. The molecule has 0 spiro atoms. The first-order chi connectivity index (χ1) is 13.0. The molecule has 0 atom stereocenters. The van der Waals surface area contributed by atoms with Gasteiger partial charge in [0.1, 0.15) is 0 Å². The van der Waals surface area contributed by atoms with Gasteiger partial charge in [-0.2, -0.15) is 0 Å². The number of hydrogen-bond donors (Lipinski definition) is 2. The Balaban J connectivity index is 1.95. The van der Waals surface area contributed by atoms with Gasteiger partial charge in [0.25, 0.3) is 15.9 Å². The Morgan fingerprint density at radius 3 is 2.18 bits per heavy atom. The Hall–Kier alpha value is -2.65. The Morgan fingerprint density at radius 1 is 1.00 bits per heavy atom. The van der Waals surface area contributed by atoms with Gasteiger partial charge in [0.2, 0.25) is 0 Å². The molecule has 0 aliphatic rings. The smallest absolute Gasteiger partial charge is 0.267 e. The van der Waals surface area contributed by atoms with Gasteiger partial charge in [0, 0.05) is 17.3 Å². The minimum Gasteiger partial charge on any atom is -0.358 e. The lowest BCUT2D eigenvalue weighted by atomic mass is 10.1. The summed E-state index contributed by atoms with van der Waals surface area (Å²) in [4.78, 5) is 15.7. The number of aromatic amines is 1. The van der Waals surface area contributed by atoms with E-state index in [4.69, 9.17) is 0 Å². The molecule has 3 aromatic rings. The molecule has 9 heteroatoms. The van der Waals surface area contributed by atoms with Crippen LogP contribution in [0.5, 0.6) is 0 Å². The van der Waals surface area contributed by atoms with Gasteiger partial charge in [-0.3, -0.25) is 4.79 Å². The topological polar surface area (TPSA) is 113 Å². The molecule has 0 aliphatic carbocycles. The van der Waals surface area contributed by atoms with Crippen LogP contribution in [-0.4, -0.2) is 34.0 Å². The molecule has 2 N–H and O–H groups in total. The molecule has 148 valence electrons. The molecule has 1 aromatic heterocycles. The van der Waals surface area contributed by atoms with E-state index in [0.717, 1.165) is 41.5 Å². The maximum Gasteiger partial charge on any atom is 0.267 e. The Morgan fingerprint density at radius 2 is 1.61 bits per heavy atom. The summed E-state index contributed by atoms with van der Waals surface area (Å²) >= 11 is 0. The number of rotatable bonds is 5. The Labute approximate surface area is 163 Å². The molecule has 0 aliphatic heterocycles. The van der Waals surface area contributed by atoms with Crippen molar-refractivity contribution in [3.05, 3.63) is 59.3 Å². The van der Waals surface area contributed by atoms with Crippen molar-refractivity contribution in [2.24, 2.45) is 0 Å². The van der Waals surface area contributed by atoms with Crippen LogP contribution in [0.1, 0.15) is 28.5 Å². The minimum atomic E-state index is -4.16. The zero-order valence-corrected chi connectivity index (χ0v) is 17.2. The third kappa shape index (κ3) is 3.67. The molecule has 0 fully saturated rings. The van der Waals surface area contributed by atoms with Crippen LogP contribution in [0, 0.1) is 6.92 Å². The summed E-state index contributed by atoms with van der Waals surface area (Å²) < 4.78 is 50.2. The number of carbonyl (C=O) groups is 1. The van der Waals surface area contributed by atoms with E-state index in [0.29, 0.717) is 5.52 Å². The lowest BCUT2D eigenvalue weighted by molar-refractivity contribution is 0.0983. The Kier molecular flexibility index (Phi) is 5.07. The molecule has 0 saturated heterocycles. The van der Waals surface area contributed by atoms with E-state index in [9.17, 15) is 21.6 Å². The number of nitrogens with one attached hydrogen (secondary N) is 2. The molecule has 0 radical (unpaired) electrons. The second-order valence-electron chi connectivity index (χ2n) is 6.49. The van der Waals surface area contributed by atoms with Crippen molar-refractivity contribution in [2.75, 3.05) is 6.26 Å². The van der Waals surface area contributed by atoms with Gasteiger partial charge in [0.15, 0.2) is 9.84 Å². The fraction of sp³-hybridized carbons (Fsp3) is 0.211. The van der Waals surface area contributed by atoms with E-state index < -0.39 is 25.8 Å². The van der Waals surface area contributed by atoms with Crippen LogP contribution in [-0.2, 0) is 26.3 Å². The van der Waals surface area contributed by atoms with Crippen molar-refractivity contribution in [3.63, 3.8) is 0 Å². The van der Waals surface area contributed by atoms with Crippen molar-refractivity contribution in [2.45, 2.75) is 30.1 Å². The van der Waals surface area contributed by atoms with E-state index >= 15 is 0 Å². The van der Waals surface area contributed by atoms with Gasteiger partial charge >= 0.3 is 0 Å². The van der Waals surface area contributed by atoms with Gasteiger partial charge in [-0.1, -0.05) is 19.1 Å². The predicted molar refractivity (Wildman–Crippen MR) is 107 cm³/mol. The third-order valence-corrected chi connectivity index (χ3v) is 7.06. The number of amides is 1. The number of aryl methyl sites for hydroxylation is 2. The summed E-state index contributed by atoms with van der Waals surface area (Å²) in [5.41, 5.74) is 2.80. The summed E-state index contributed by atoms with van der Waals surface area (Å²) in [5, 5.41) is 0.861. The fourth-order valence-corrected chi connectivity index (χ4v) is 4.65. The average Bonchev–Trinajstić information content (AvgIpc) is 2.97. The molecule has 3 rings (SSSR count). The van der Waals surface area contributed by atoms with Crippen LogP contribution in [0.15, 0.2) is 52.3 Å². The molecule has 28 heavy (non-hydrogen) atoms. The van der Waals surface area contributed by atoms with E-state index in [-0.39, 0.29) is 15.4 Å². The zero-order valence-electron chi connectivity index (χ0n) is 15.6. The van der Waals surface area contributed by atoms with Crippen molar-refractivity contribution < 1.29 is 21.6 Å². The van der Waals surface area contributed by atoms with Gasteiger partial charge in [-0.15, -0.1) is 0 Å². The predicted octanol–water partition coefficient (Wildman–Crippen LogP) is 2.56. The molecule has 0 bridgehead atoms. The first-order valence-electron chi connectivity index (χ1n) is 8.52.